The molecule has 2 aromatic heterocycles. The Labute approximate surface area is 105 Å². The minimum atomic E-state index is -3.46. The molecule has 0 bridgehead atoms. The van der Waals surface area contributed by atoms with Crippen molar-refractivity contribution in [2.24, 2.45) is 0 Å². The Balaban J connectivity index is 2.40. The lowest BCUT2D eigenvalue weighted by Crippen LogP contribution is -2.25. The molecule has 0 aliphatic heterocycles. The summed E-state index contributed by atoms with van der Waals surface area (Å²) in [6.07, 6.45) is 3.14. The molecule has 0 unspecified atom stereocenters. The smallest absolute Gasteiger partial charge is 0.267 e. The van der Waals surface area contributed by atoms with Gasteiger partial charge in [0.2, 0.25) is 0 Å². The molecule has 0 radical (unpaired) electrons. The van der Waals surface area contributed by atoms with Gasteiger partial charge in [0.15, 0.2) is 0 Å². The van der Waals surface area contributed by atoms with Crippen molar-refractivity contribution in [1.82, 2.24) is 4.98 Å². The zero-order chi connectivity index (χ0) is 12.5. The zero-order valence-electron chi connectivity index (χ0n) is 9.49. The largest absolute Gasteiger partial charge is 0.273 e. The van der Waals surface area contributed by atoms with Crippen LogP contribution in [0, 0.1) is 6.92 Å². The van der Waals surface area contributed by atoms with Crippen molar-refractivity contribution in [3.8, 4) is 0 Å². The predicted octanol–water partition coefficient (Wildman–Crippen LogP) is 2.28. The first kappa shape index (κ1) is 12.1. The number of pyridine rings is 1. The van der Waals surface area contributed by atoms with Gasteiger partial charge in [-0.25, -0.2) is 8.42 Å². The molecule has 17 heavy (non-hydrogen) atoms. The third-order valence-corrected chi connectivity index (χ3v) is 5.59. The van der Waals surface area contributed by atoms with Crippen molar-refractivity contribution in [2.75, 3.05) is 11.4 Å². The Morgan fingerprint density at radius 3 is 2.59 bits per heavy atom. The van der Waals surface area contributed by atoms with Crippen LogP contribution < -0.4 is 4.31 Å². The molecule has 90 valence electrons. The van der Waals surface area contributed by atoms with Gasteiger partial charge in [0.1, 0.15) is 4.21 Å². The number of hydrogen-bond donors (Lipinski definition) is 0. The molecule has 0 fully saturated rings. The summed E-state index contributed by atoms with van der Waals surface area (Å²) < 4.78 is 26.1. The summed E-state index contributed by atoms with van der Waals surface area (Å²) >= 11 is 1.27. The minimum Gasteiger partial charge on any atom is -0.267 e. The predicted molar refractivity (Wildman–Crippen MR) is 68.9 cm³/mol. The number of rotatable bonds is 3. The van der Waals surface area contributed by atoms with E-state index in [1.165, 1.54) is 28.9 Å². The van der Waals surface area contributed by atoms with E-state index in [9.17, 15) is 8.42 Å². The Morgan fingerprint density at radius 1 is 1.29 bits per heavy atom. The van der Waals surface area contributed by atoms with Crippen molar-refractivity contribution < 1.29 is 8.42 Å². The third-order valence-electron chi connectivity index (χ3n) is 2.34. The van der Waals surface area contributed by atoms with Crippen molar-refractivity contribution in [1.29, 1.82) is 0 Å². The molecule has 6 heteroatoms. The highest BCUT2D eigenvalue weighted by Gasteiger charge is 2.22. The quantitative estimate of drug-likeness (QED) is 0.858. The van der Waals surface area contributed by atoms with E-state index in [0.29, 0.717) is 9.90 Å². The summed E-state index contributed by atoms with van der Waals surface area (Å²) in [6, 6.07) is 6.85. The first-order valence-electron chi connectivity index (χ1n) is 4.97. The van der Waals surface area contributed by atoms with Gasteiger partial charge >= 0.3 is 0 Å². The van der Waals surface area contributed by atoms with Gasteiger partial charge < -0.3 is 0 Å². The summed E-state index contributed by atoms with van der Waals surface area (Å²) in [5.74, 6) is 0. The second-order valence-corrected chi connectivity index (χ2v) is 7.03. The Morgan fingerprint density at radius 2 is 2.06 bits per heavy atom. The van der Waals surface area contributed by atoms with Crippen molar-refractivity contribution in [3.05, 3.63) is 41.5 Å². The molecule has 0 aromatic carbocycles. The maximum Gasteiger partial charge on any atom is 0.273 e. The number of aromatic nitrogens is 1. The van der Waals surface area contributed by atoms with Gasteiger partial charge in [0.05, 0.1) is 11.9 Å². The van der Waals surface area contributed by atoms with E-state index in [0.717, 1.165) is 4.88 Å². The highest BCUT2D eigenvalue weighted by Crippen LogP contribution is 2.26. The Bertz CT molecular complexity index is 605. The summed E-state index contributed by atoms with van der Waals surface area (Å²) in [6.45, 7) is 1.88. The van der Waals surface area contributed by atoms with Crippen molar-refractivity contribution in [2.45, 2.75) is 11.1 Å². The lowest BCUT2D eigenvalue weighted by Gasteiger charge is -2.17. The van der Waals surface area contributed by atoms with E-state index in [1.807, 2.05) is 6.92 Å². The second-order valence-electron chi connectivity index (χ2n) is 3.55. The molecule has 2 rings (SSSR count). The summed E-state index contributed by atoms with van der Waals surface area (Å²) in [5, 5.41) is 0. The molecule has 0 aliphatic rings. The molecular weight excluding hydrogens is 256 g/mol. The standard InChI is InChI=1S/C11H12N2O2S2/c1-9-5-6-11(16-9)17(14,15)13(2)10-4-3-7-12-8-10/h3-8H,1-2H3. The molecule has 4 nitrogen and oxygen atoms in total. The fraction of sp³-hybridized carbons (Fsp3) is 0.182. The fourth-order valence-corrected chi connectivity index (χ4v) is 4.00. The number of sulfonamides is 1. The molecule has 0 amide bonds. The lowest BCUT2D eigenvalue weighted by molar-refractivity contribution is 0.596. The lowest BCUT2D eigenvalue weighted by atomic mass is 10.4. The first-order chi connectivity index (χ1) is 8.01. The van der Waals surface area contributed by atoms with Crippen LogP contribution in [0.25, 0.3) is 0 Å². The van der Waals surface area contributed by atoms with Gasteiger partial charge in [-0.2, -0.15) is 0 Å². The van der Waals surface area contributed by atoms with E-state index in [1.54, 1.807) is 30.5 Å². The second kappa shape index (κ2) is 4.46. The first-order valence-corrected chi connectivity index (χ1v) is 7.23. The van der Waals surface area contributed by atoms with Gasteiger partial charge in [-0.3, -0.25) is 9.29 Å². The maximum absolute atomic E-state index is 12.3. The van der Waals surface area contributed by atoms with Crippen LogP contribution in [0.2, 0.25) is 0 Å². The average molecular weight is 268 g/mol. The van der Waals surface area contributed by atoms with Crippen LogP contribution in [-0.2, 0) is 10.0 Å². The number of nitrogens with zero attached hydrogens (tertiary/aromatic N) is 2. The van der Waals surface area contributed by atoms with Crippen LogP contribution >= 0.6 is 11.3 Å². The van der Waals surface area contributed by atoms with Gasteiger partial charge in [-0.05, 0) is 31.2 Å². The highest BCUT2D eigenvalue weighted by molar-refractivity contribution is 7.94. The zero-order valence-corrected chi connectivity index (χ0v) is 11.1. The summed E-state index contributed by atoms with van der Waals surface area (Å²) in [5.41, 5.74) is 0.554. The summed E-state index contributed by atoms with van der Waals surface area (Å²) in [4.78, 5) is 4.89. The summed E-state index contributed by atoms with van der Waals surface area (Å²) in [7, 11) is -1.93. The fourth-order valence-electron chi connectivity index (χ4n) is 1.36. The Kier molecular flexibility index (Phi) is 3.17. The monoisotopic (exact) mass is 268 g/mol. The van der Waals surface area contributed by atoms with Crippen LogP contribution in [0.3, 0.4) is 0 Å². The van der Waals surface area contributed by atoms with Crippen LogP contribution in [0.5, 0.6) is 0 Å². The van der Waals surface area contributed by atoms with Crippen LogP contribution in [0.15, 0.2) is 40.9 Å². The van der Waals surface area contributed by atoms with Gasteiger partial charge in [0.25, 0.3) is 10.0 Å². The van der Waals surface area contributed by atoms with Crippen LogP contribution in [0.1, 0.15) is 4.88 Å². The SMILES string of the molecule is Cc1ccc(S(=O)(=O)N(C)c2cccnc2)s1. The van der Waals surface area contributed by atoms with Crippen LogP contribution in [0.4, 0.5) is 5.69 Å². The van der Waals surface area contributed by atoms with Crippen molar-refractivity contribution in [3.63, 3.8) is 0 Å². The molecule has 0 atom stereocenters. The van der Waals surface area contributed by atoms with Gasteiger partial charge in [-0.1, -0.05) is 0 Å². The molecular formula is C11H12N2O2S2. The highest BCUT2D eigenvalue weighted by atomic mass is 32.2. The number of aryl methyl sites for hydroxylation is 1. The molecule has 0 aliphatic carbocycles. The van der Waals surface area contributed by atoms with E-state index in [2.05, 4.69) is 4.98 Å². The van der Waals surface area contributed by atoms with E-state index < -0.39 is 10.0 Å². The normalized spacial score (nSPS) is 11.4. The third kappa shape index (κ3) is 2.32. The molecule has 0 saturated carbocycles. The van der Waals surface area contributed by atoms with Crippen molar-refractivity contribution >= 4 is 27.0 Å². The molecule has 2 heterocycles. The number of thiophene rings is 1. The minimum absolute atomic E-state index is 0.348. The number of anilines is 1. The number of hydrogen-bond acceptors (Lipinski definition) is 4. The molecule has 2 aromatic rings. The van der Waals surface area contributed by atoms with E-state index >= 15 is 0 Å². The van der Waals surface area contributed by atoms with E-state index in [4.69, 9.17) is 0 Å². The molecule has 0 N–H and O–H groups in total. The van der Waals surface area contributed by atoms with Crippen LogP contribution in [-0.4, -0.2) is 20.4 Å². The topological polar surface area (TPSA) is 50.3 Å². The maximum atomic E-state index is 12.3. The Hall–Kier alpha value is -1.40. The van der Waals surface area contributed by atoms with Gasteiger partial charge in [0, 0.05) is 18.1 Å². The molecule has 0 saturated heterocycles. The van der Waals surface area contributed by atoms with E-state index in [-0.39, 0.29) is 0 Å². The molecule has 0 spiro atoms. The average Bonchev–Trinajstić information content (AvgIpc) is 2.77. The van der Waals surface area contributed by atoms with Gasteiger partial charge in [-0.15, -0.1) is 11.3 Å².